The first-order valence-electron chi connectivity index (χ1n) is 6.94. The summed E-state index contributed by atoms with van der Waals surface area (Å²) in [5.74, 6) is -0.768. The van der Waals surface area contributed by atoms with Crippen molar-refractivity contribution < 1.29 is 23.9 Å². The van der Waals surface area contributed by atoms with Crippen molar-refractivity contribution in [2.24, 2.45) is 0 Å². The normalized spacial score (nSPS) is 11.8. The molecule has 23 heavy (non-hydrogen) atoms. The fourth-order valence-corrected chi connectivity index (χ4v) is 1.95. The number of carbonyl (C=O) groups is 3. The van der Waals surface area contributed by atoms with Crippen LogP contribution in [0.3, 0.4) is 0 Å². The summed E-state index contributed by atoms with van der Waals surface area (Å²) >= 11 is 3.19. The Balaban J connectivity index is 2.94. The van der Waals surface area contributed by atoms with E-state index in [0.29, 0.717) is 4.47 Å². The minimum Gasteiger partial charge on any atom is -0.444 e. The zero-order chi connectivity index (χ0) is 18.0. The van der Waals surface area contributed by atoms with Gasteiger partial charge in [0.25, 0.3) is 5.91 Å². The highest BCUT2D eigenvalue weighted by molar-refractivity contribution is 9.10. The van der Waals surface area contributed by atoms with Crippen molar-refractivity contribution in [3.63, 3.8) is 0 Å². The maximum atomic E-state index is 12.2. The van der Waals surface area contributed by atoms with Crippen molar-refractivity contribution in [3.8, 4) is 0 Å². The van der Waals surface area contributed by atoms with Crippen LogP contribution in [-0.4, -0.2) is 33.9 Å². The molecule has 0 aliphatic heterocycles. The quantitative estimate of drug-likeness (QED) is 0.792. The summed E-state index contributed by atoms with van der Waals surface area (Å²) in [5, 5.41) is 2.07. The second kappa shape index (κ2) is 6.74. The number of aromatic nitrogens is 1. The Morgan fingerprint density at radius 3 is 2.04 bits per heavy atom. The van der Waals surface area contributed by atoms with Crippen LogP contribution >= 0.6 is 15.9 Å². The van der Waals surface area contributed by atoms with Gasteiger partial charge in [-0.25, -0.2) is 14.2 Å². The lowest BCUT2D eigenvalue weighted by atomic mass is 10.2. The van der Waals surface area contributed by atoms with E-state index in [1.807, 2.05) is 0 Å². The third-order valence-electron chi connectivity index (χ3n) is 2.22. The number of rotatable bonds is 1. The Bertz CT molecular complexity index is 623. The summed E-state index contributed by atoms with van der Waals surface area (Å²) in [5.41, 5.74) is -1.50. The van der Waals surface area contributed by atoms with E-state index >= 15 is 0 Å². The van der Waals surface area contributed by atoms with E-state index in [0.717, 1.165) is 4.57 Å². The summed E-state index contributed by atoms with van der Waals surface area (Å²) in [6.07, 6.45) is -0.231. The minimum atomic E-state index is -0.893. The van der Waals surface area contributed by atoms with Crippen LogP contribution in [-0.2, 0) is 9.47 Å². The smallest absolute Gasteiger partial charge is 0.419 e. The second-order valence-corrected chi connectivity index (χ2v) is 7.77. The van der Waals surface area contributed by atoms with Crippen LogP contribution in [0, 0.1) is 0 Å². The fraction of sp³-hybridized carbons (Fsp3) is 0.533. The van der Waals surface area contributed by atoms with Crippen LogP contribution in [0.2, 0.25) is 0 Å². The van der Waals surface area contributed by atoms with Crippen molar-refractivity contribution in [1.82, 2.24) is 9.88 Å². The molecule has 1 rings (SSSR count). The molecular weight excluding hydrogens is 368 g/mol. The van der Waals surface area contributed by atoms with Crippen LogP contribution in [0.1, 0.15) is 52.0 Å². The minimum absolute atomic E-state index is 0.0445. The average Bonchev–Trinajstić information content (AvgIpc) is 2.66. The topological polar surface area (TPSA) is 86.6 Å². The van der Waals surface area contributed by atoms with Gasteiger partial charge in [0.2, 0.25) is 0 Å². The second-order valence-electron chi connectivity index (χ2n) is 6.85. The molecule has 0 unspecified atom stereocenters. The van der Waals surface area contributed by atoms with Gasteiger partial charge in [-0.2, -0.15) is 0 Å². The average molecular weight is 389 g/mol. The van der Waals surface area contributed by atoms with E-state index in [4.69, 9.17) is 9.47 Å². The molecule has 0 saturated carbocycles. The molecule has 1 N–H and O–H groups in total. The molecule has 2 amide bonds. The number of nitrogens with one attached hydrogen (secondary N) is 1. The number of alkyl carbamates (subject to hydrolysis) is 1. The van der Waals surface area contributed by atoms with E-state index in [1.165, 1.54) is 12.3 Å². The standard InChI is InChI=1S/C15H21BrN2O5/c1-14(2,3)22-12(20)17-11(19)10-7-9(16)8-18(10)13(21)23-15(4,5)6/h7-8H,1-6H3,(H,17,19,20). The van der Waals surface area contributed by atoms with Gasteiger partial charge in [0, 0.05) is 10.7 Å². The highest BCUT2D eigenvalue weighted by Gasteiger charge is 2.25. The van der Waals surface area contributed by atoms with Crippen molar-refractivity contribution in [2.75, 3.05) is 0 Å². The van der Waals surface area contributed by atoms with Gasteiger partial charge in [-0.15, -0.1) is 0 Å². The molecule has 128 valence electrons. The molecule has 1 aromatic rings. The molecule has 1 heterocycles. The lowest BCUT2D eigenvalue weighted by Crippen LogP contribution is -2.38. The Morgan fingerprint density at radius 2 is 1.57 bits per heavy atom. The van der Waals surface area contributed by atoms with Gasteiger partial charge in [0.1, 0.15) is 16.9 Å². The summed E-state index contributed by atoms with van der Waals surface area (Å²) < 4.78 is 11.8. The number of nitrogens with zero attached hydrogens (tertiary/aromatic N) is 1. The number of carbonyl (C=O) groups excluding carboxylic acids is 3. The van der Waals surface area contributed by atoms with Crippen LogP contribution in [0.25, 0.3) is 0 Å². The first-order valence-corrected chi connectivity index (χ1v) is 7.73. The van der Waals surface area contributed by atoms with Gasteiger partial charge in [-0.1, -0.05) is 0 Å². The number of ether oxygens (including phenoxy) is 2. The SMILES string of the molecule is CC(C)(C)OC(=O)NC(=O)c1cc(Br)cn1C(=O)OC(C)(C)C. The monoisotopic (exact) mass is 388 g/mol. The van der Waals surface area contributed by atoms with E-state index in [-0.39, 0.29) is 5.69 Å². The highest BCUT2D eigenvalue weighted by Crippen LogP contribution is 2.18. The molecule has 0 fully saturated rings. The Hall–Kier alpha value is -1.83. The van der Waals surface area contributed by atoms with Gasteiger partial charge < -0.3 is 9.47 Å². The molecule has 0 saturated heterocycles. The molecule has 8 heteroatoms. The van der Waals surface area contributed by atoms with Crippen molar-refractivity contribution in [3.05, 3.63) is 22.4 Å². The molecule has 0 radical (unpaired) electrons. The largest absolute Gasteiger partial charge is 0.444 e. The van der Waals surface area contributed by atoms with Gasteiger partial charge >= 0.3 is 12.2 Å². The molecule has 0 aromatic carbocycles. The first kappa shape index (κ1) is 19.2. The van der Waals surface area contributed by atoms with Crippen molar-refractivity contribution in [2.45, 2.75) is 52.7 Å². The number of imide groups is 1. The van der Waals surface area contributed by atoms with Crippen LogP contribution < -0.4 is 5.32 Å². The van der Waals surface area contributed by atoms with E-state index in [2.05, 4.69) is 21.2 Å². The predicted molar refractivity (Wildman–Crippen MR) is 87.5 cm³/mol. The zero-order valence-electron chi connectivity index (χ0n) is 14.0. The Labute approximate surface area is 143 Å². The third kappa shape index (κ3) is 6.43. The molecule has 0 atom stereocenters. The van der Waals surface area contributed by atoms with Gasteiger partial charge in [0.15, 0.2) is 0 Å². The van der Waals surface area contributed by atoms with Gasteiger partial charge in [-0.05, 0) is 63.5 Å². The predicted octanol–water partition coefficient (Wildman–Crippen LogP) is 3.70. The molecule has 0 bridgehead atoms. The highest BCUT2D eigenvalue weighted by atomic mass is 79.9. The zero-order valence-corrected chi connectivity index (χ0v) is 15.6. The van der Waals surface area contributed by atoms with Crippen LogP contribution in [0.5, 0.6) is 0 Å². The van der Waals surface area contributed by atoms with Crippen LogP contribution in [0.4, 0.5) is 9.59 Å². The maximum absolute atomic E-state index is 12.2. The summed E-state index contributed by atoms with van der Waals surface area (Å²) in [7, 11) is 0. The maximum Gasteiger partial charge on any atom is 0.419 e. The van der Waals surface area contributed by atoms with E-state index in [9.17, 15) is 14.4 Å². The van der Waals surface area contributed by atoms with Crippen molar-refractivity contribution >= 4 is 34.0 Å². The third-order valence-corrected chi connectivity index (χ3v) is 2.66. The Morgan fingerprint density at radius 1 is 1.04 bits per heavy atom. The number of hydrogen-bond acceptors (Lipinski definition) is 5. The number of halogens is 1. The summed E-state index contributed by atoms with van der Waals surface area (Å²) in [6, 6.07) is 1.41. The van der Waals surface area contributed by atoms with Gasteiger partial charge in [0.05, 0.1) is 0 Å². The lowest BCUT2D eigenvalue weighted by molar-refractivity contribution is 0.0478. The van der Waals surface area contributed by atoms with Crippen molar-refractivity contribution in [1.29, 1.82) is 0 Å². The van der Waals surface area contributed by atoms with Crippen LogP contribution in [0.15, 0.2) is 16.7 Å². The van der Waals surface area contributed by atoms with Gasteiger partial charge in [-0.3, -0.25) is 10.1 Å². The molecule has 0 aliphatic carbocycles. The number of amides is 2. The fourth-order valence-electron chi connectivity index (χ4n) is 1.53. The molecule has 7 nitrogen and oxygen atoms in total. The first-order chi connectivity index (χ1) is 10.3. The van der Waals surface area contributed by atoms with E-state index in [1.54, 1.807) is 41.5 Å². The Kier molecular flexibility index (Phi) is 5.63. The summed E-state index contributed by atoms with van der Waals surface area (Å²) in [4.78, 5) is 36.0. The number of hydrogen-bond donors (Lipinski definition) is 1. The molecule has 0 aliphatic rings. The van der Waals surface area contributed by atoms with E-state index < -0.39 is 29.3 Å². The molecule has 0 spiro atoms. The molecule has 1 aromatic heterocycles. The summed E-state index contributed by atoms with van der Waals surface area (Å²) in [6.45, 7) is 10.2. The lowest BCUT2D eigenvalue weighted by Gasteiger charge is -2.21. The molecular formula is C15H21BrN2O5.